The van der Waals surface area contributed by atoms with Gasteiger partial charge in [0.05, 0.1) is 15.5 Å². The number of hydrogen-bond acceptors (Lipinski definition) is 6. The van der Waals surface area contributed by atoms with Gasteiger partial charge in [-0.25, -0.2) is 4.99 Å². The predicted molar refractivity (Wildman–Crippen MR) is 152 cm³/mol. The van der Waals surface area contributed by atoms with E-state index < -0.39 is 20.0 Å². The quantitative estimate of drug-likeness (QED) is 0.308. The van der Waals surface area contributed by atoms with E-state index in [2.05, 4.69) is 13.8 Å². The van der Waals surface area contributed by atoms with Gasteiger partial charge in [-0.05, 0) is 60.3 Å². The molecule has 5 rings (SSSR count). The lowest BCUT2D eigenvalue weighted by Crippen LogP contribution is -2.32. The van der Waals surface area contributed by atoms with Crippen molar-refractivity contribution < 1.29 is 16.8 Å². The fraction of sp³-hybridized carbons (Fsp3) is 0. The van der Waals surface area contributed by atoms with E-state index in [0.29, 0.717) is 16.5 Å². The van der Waals surface area contributed by atoms with Crippen LogP contribution < -0.4 is 4.90 Å². The van der Waals surface area contributed by atoms with Crippen molar-refractivity contribution in [3.05, 3.63) is 121 Å². The zero-order valence-corrected chi connectivity index (χ0v) is 22.1. The molecule has 0 bridgehead atoms. The first kappa shape index (κ1) is 25.6. The average molecular weight is 561 g/mol. The van der Waals surface area contributed by atoms with Gasteiger partial charge in [0.25, 0.3) is 20.0 Å². The highest BCUT2D eigenvalue weighted by Gasteiger charge is 2.38. The van der Waals surface area contributed by atoms with E-state index in [0.717, 1.165) is 11.8 Å². The molecule has 0 spiro atoms. The zero-order valence-electron chi connectivity index (χ0n) is 19.7. The van der Waals surface area contributed by atoms with E-state index in [1.807, 2.05) is 24.3 Å². The molecule has 0 aromatic heterocycles. The van der Waals surface area contributed by atoms with Crippen LogP contribution in [0.25, 0.3) is 0 Å². The highest BCUT2D eigenvalue weighted by molar-refractivity contribution is 8.30. The van der Waals surface area contributed by atoms with E-state index in [4.69, 9.17) is 0 Å². The van der Waals surface area contributed by atoms with Gasteiger partial charge in [-0.15, -0.1) is 8.80 Å². The number of anilines is 1. The molecular formula is C27H20N4O4S3. The molecule has 4 aromatic rings. The van der Waals surface area contributed by atoms with Gasteiger partial charge in [-0.3, -0.25) is 4.90 Å². The Balaban J connectivity index is 1.75. The smallest absolute Gasteiger partial charge is 0.270 e. The van der Waals surface area contributed by atoms with Crippen LogP contribution in [-0.2, 0) is 20.0 Å². The summed E-state index contributed by atoms with van der Waals surface area (Å²) in [4.78, 5) is 6.11. The van der Waals surface area contributed by atoms with Crippen LogP contribution in [0.3, 0.4) is 0 Å². The summed E-state index contributed by atoms with van der Waals surface area (Å²) < 4.78 is 61.3. The van der Waals surface area contributed by atoms with E-state index in [-0.39, 0.29) is 20.7 Å². The summed E-state index contributed by atoms with van der Waals surface area (Å²) in [6.07, 6.45) is 0. The van der Waals surface area contributed by atoms with Gasteiger partial charge in [-0.1, -0.05) is 72.8 Å². The molecular weight excluding hydrogens is 541 g/mol. The van der Waals surface area contributed by atoms with Crippen LogP contribution >= 0.6 is 11.8 Å². The zero-order chi connectivity index (χ0) is 26.6. The molecule has 1 fully saturated rings. The molecule has 0 aliphatic carbocycles. The van der Waals surface area contributed by atoms with Crippen LogP contribution in [-0.4, -0.2) is 32.9 Å². The lowest BCUT2D eigenvalue weighted by molar-refractivity contribution is 0.596. The second-order valence-corrected chi connectivity index (χ2v) is 12.1. The Labute approximate surface area is 225 Å². The summed E-state index contributed by atoms with van der Waals surface area (Å²) in [5.74, 6) is -0.167. The highest BCUT2D eigenvalue weighted by Crippen LogP contribution is 2.33. The molecule has 38 heavy (non-hydrogen) atoms. The van der Waals surface area contributed by atoms with Crippen molar-refractivity contribution in [3.8, 4) is 0 Å². The minimum atomic E-state index is -4.23. The number of rotatable bonds is 6. The number of nitrogens with zero attached hydrogens (tertiary/aromatic N) is 4. The number of amidine groups is 2. The van der Waals surface area contributed by atoms with E-state index in [1.54, 1.807) is 72.8 Å². The monoisotopic (exact) mass is 560 g/mol. The standard InChI is InChI=1S/C27H20N4O4S3/c32-37(33,23-17-9-3-10-18-23)29-25-26(30-38(34,35)24-19-11-4-12-20-24)36-27(28-21-13-5-1-6-14-21)31(25)22-15-7-2-8-16-22/h1-20H/b28-27?,29-25-,30-26+. The summed E-state index contributed by atoms with van der Waals surface area (Å²) in [7, 11) is -8.42. The molecule has 0 unspecified atom stereocenters. The maximum atomic E-state index is 13.3. The third-order valence-corrected chi connectivity index (χ3v) is 8.88. The van der Waals surface area contributed by atoms with Gasteiger partial charge in [0.1, 0.15) is 0 Å². The highest BCUT2D eigenvalue weighted by atomic mass is 32.2. The largest absolute Gasteiger partial charge is 0.284 e. The van der Waals surface area contributed by atoms with Gasteiger partial charge < -0.3 is 0 Å². The van der Waals surface area contributed by atoms with Crippen molar-refractivity contribution in [1.82, 2.24) is 0 Å². The molecule has 0 amide bonds. The lowest BCUT2D eigenvalue weighted by atomic mass is 10.3. The third-order valence-electron chi connectivity index (χ3n) is 5.27. The van der Waals surface area contributed by atoms with Gasteiger partial charge in [0.15, 0.2) is 16.0 Å². The van der Waals surface area contributed by atoms with Crippen molar-refractivity contribution >= 4 is 59.2 Å². The van der Waals surface area contributed by atoms with Crippen LogP contribution in [0.1, 0.15) is 0 Å². The van der Waals surface area contributed by atoms with E-state index >= 15 is 0 Å². The number of sulfonamides is 2. The minimum absolute atomic E-state index is 0.0296. The topological polar surface area (TPSA) is 109 Å². The average Bonchev–Trinajstić information content (AvgIpc) is 3.25. The van der Waals surface area contributed by atoms with Crippen molar-refractivity contribution in [2.75, 3.05) is 4.90 Å². The predicted octanol–water partition coefficient (Wildman–Crippen LogP) is 5.50. The summed E-state index contributed by atoms with van der Waals surface area (Å²) in [6, 6.07) is 33.3. The van der Waals surface area contributed by atoms with Crippen molar-refractivity contribution in [2.45, 2.75) is 9.79 Å². The van der Waals surface area contributed by atoms with E-state index in [1.165, 1.54) is 29.2 Å². The molecule has 1 aliphatic rings. The van der Waals surface area contributed by atoms with Gasteiger partial charge in [0, 0.05) is 5.69 Å². The van der Waals surface area contributed by atoms with Crippen LogP contribution in [0.15, 0.2) is 145 Å². The number of aliphatic imine (C=N–C) groups is 1. The van der Waals surface area contributed by atoms with Crippen LogP contribution in [0, 0.1) is 0 Å². The molecule has 0 radical (unpaired) electrons. The van der Waals surface area contributed by atoms with Crippen molar-refractivity contribution in [3.63, 3.8) is 0 Å². The summed E-state index contributed by atoms with van der Waals surface area (Å²) in [6.45, 7) is 0. The second-order valence-electron chi connectivity index (χ2n) is 7.89. The first-order valence-electron chi connectivity index (χ1n) is 11.3. The SMILES string of the molecule is O=S(=O)(/N=C1/C(=N\S(=O)(=O)c2ccccc2)SC(=Nc2ccccc2)N1c1ccccc1)c1ccccc1. The van der Waals surface area contributed by atoms with Crippen molar-refractivity contribution in [1.29, 1.82) is 0 Å². The first-order chi connectivity index (χ1) is 18.3. The molecule has 4 aromatic carbocycles. The number of benzene rings is 4. The Morgan fingerprint density at radius 1 is 0.553 bits per heavy atom. The van der Waals surface area contributed by atoms with Gasteiger partial charge in [0.2, 0.25) is 0 Å². The lowest BCUT2D eigenvalue weighted by Gasteiger charge is -2.18. The third kappa shape index (κ3) is 5.59. The molecule has 11 heteroatoms. The molecule has 8 nitrogen and oxygen atoms in total. The van der Waals surface area contributed by atoms with Crippen LogP contribution in [0.2, 0.25) is 0 Å². The Bertz CT molecular complexity index is 1740. The molecule has 1 heterocycles. The summed E-state index contributed by atoms with van der Waals surface area (Å²) in [5.41, 5.74) is 1.13. The molecule has 190 valence electrons. The molecule has 1 saturated heterocycles. The fourth-order valence-electron chi connectivity index (χ4n) is 3.51. The number of hydrogen-bond donors (Lipinski definition) is 0. The van der Waals surface area contributed by atoms with E-state index in [9.17, 15) is 16.8 Å². The Morgan fingerprint density at radius 3 is 1.53 bits per heavy atom. The van der Waals surface area contributed by atoms with Crippen LogP contribution in [0.5, 0.6) is 0 Å². The van der Waals surface area contributed by atoms with Crippen molar-refractivity contribution in [2.24, 2.45) is 13.8 Å². The normalized spacial score (nSPS) is 17.4. The molecule has 0 N–H and O–H groups in total. The maximum absolute atomic E-state index is 13.3. The molecule has 0 atom stereocenters. The van der Waals surface area contributed by atoms with Crippen LogP contribution in [0.4, 0.5) is 11.4 Å². The number of para-hydroxylation sites is 2. The summed E-state index contributed by atoms with van der Waals surface area (Å²) in [5, 5.41) is 0.179. The first-order valence-corrected chi connectivity index (χ1v) is 15.0. The minimum Gasteiger partial charge on any atom is -0.270 e. The van der Waals surface area contributed by atoms with Gasteiger partial charge >= 0.3 is 0 Å². The Morgan fingerprint density at radius 2 is 1.00 bits per heavy atom. The fourth-order valence-corrected chi connectivity index (χ4v) is 6.76. The Kier molecular flexibility index (Phi) is 7.23. The summed E-state index contributed by atoms with van der Waals surface area (Å²) >= 11 is 0.925. The molecule has 0 saturated carbocycles. The van der Waals surface area contributed by atoms with Gasteiger partial charge in [-0.2, -0.15) is 16.8 Å². The Hall–Kier alpha value is -4.06. The maximum Gasteiger partial charge on any atom is 0.284 e. The molecule has 1 aliphatic heterocycles. The number of thioether (sulfide) groups is 1. The second kappa shape index (κ2) is 10.7.